The van der Waals surface area contributed by atoms with Gasteiger partial charge in [-0.1, -0.05) is 45.7 Å². The maximum Gasteiger partial charge on any atom is 0.0513 e. The van der Waals surface area contributed by atoms with E-state index in [1.165, 1.54) is 16.8 Å². The Balaban J connectivity index is 2.28. The third kappa shape index (κ3) is 3.57. The third-order valence-electron chi connectivity index (χ3n) is 3.46. The molecule has 0 amide bonds. The van der Waals surface area contributed by atoms with Gasteiger partial charge in [0.05, 0.1) is 11.7 Å². The standard InChI is InChI=1S/C16H16Br2ClN/c1-11(13-4-3-5-14(19)9-13)20(2)16-7-6-12(10-17)8-15(16)18/h3-9,11H,10H2,1-2H3. The van der Waals surface area contributed by atoms with Crippen LogP contribution in [0.4, 0.5) is 5.69 Å². The number of nitrogens with zero attached hydrogens (tertiary/aromatic N) is 1. The van der Waals surface area contributed by atoms with Crippen molar-refractivity contribution in [1.29, 1.82) is 0 Å². The van der Waals surface area contributed by atoms with Crippen molar-refractivity contribution in [2.45, 2.75) is 18.3 Å². The van der Waals surface area contributed by atoms with Gasteiger partial charge in [-0.25, -0.2) is 0 Å². The first-order valence-electron chi connectivity index (χ1n) is 6.35. The van der Waals surface area contributed by atoms with Crippen LogP contribution in [0.2, 0.25) is 5.02 Å². The van der Waals surface area contributed by atoms with Crippen molar-refractivity contribution in [3.8, 4) is 0 Å². The highest BCUT2D eigenvalue weighted by Gasteiger charge is 2.15. The first-order chi connectivity index (χ1) is 9.52. The van der Waals surface area contributed by atoms with Crippen LogP contribution in [0.1, 0.15) is 24.1 Å². The summed E-state index contributed by atoms with van der Waals surface area (Å²) < 4.78 is 1.10. The lowest BCUT2D eigenvalue weighted by Crippen LogP contribution is -2.22. The van der Waals surface area contributed by atoms with Crippen molar-refractivity contribution >= 4 is 49.1 Å². The van der Waals surface area contributed by atoms with Crippen LogP contribution in [0.15, 0.2) is 46.9 Å². The fourth-order valence-electron chi connectivity index (χ4n) is 2.12. The predicted octanol–water partition coefficient (Wildman–Crippen LogP) is 6.19. The van der Waals surface area contributed by atoms with Crippen molar-refractivity contribution < 1.29 is 0 Å². The first-order valence-corrected chi connectivity index (χ1v) is 8.65. The van der Waals surface area contributed by atoms with E-state index in [0.717, 1.165) is 14.8 Å². The smallest absolute Gasteiger partial charge is 0.0513 e. The summed E-state index contributed by atoms with van der Waals surface area (Å²) in [6.07, 6.45) is 0. The van der Waals surface area contributed by atoms with E-state index in [1.807, 2.05) is 18.2 Å². The van der Waals surface area contributed by atoms with Gasteiger partial charge in [-0.05, 0) is 58.2 Å². The minimum Gasteiger partial charge on any atom is -0.367 e. The summed E-state index contributed by atoms with van der Waals surface area (Å²) in [6, 6.07) is 14.7. The van der Waals surface area contributed by atoms with Crippen LogP contribution in [0.5, 0.6) is 0 Å². The van der Waals surface area contributed by atoms with E-state index in [2.05, 4.69) is 75.0 Å². The highest BCUT2D eigenvalue weighted by molar-refractivity contribution is 9.10. The first kappa shape index (κ1) is 15.9. The van der Waals surface area contributed by atoms with Crippen LogP contribution < -0.4 is 4.90 Å². The van der Waals surface area contributed by atoms with Crippen molar-refractivity contribution in [2.75, 3.05) is 11.9 Å². The Bertz CT molecular complexity index is 601. The molecule has 4 heteroatoms. The van der Waals surface area contributed by atoms with E-state index in [4.69, 9.17) is 11.6 Å². The lowest BCUT2D eigenvalue weighted by molar-refractivity contribution is 0.738. The molecule has 2 rings (SSSR count). The molecule has 0 bridgehead atoms. The zero-order valence-electron chi connectivity index (χ0n) is 11.4. The molecule has 0 radical (unpaired) electrons. The largest absolute Gasteiger partial charge is 0.367 e. The molecule has 20 heavy (non-hydrogen) atoms. The molecule has 1 atom stereocenters. The summed E-state index contributed by atoms with van der Waals surface area (Å²) in [5.41, 5.74) is 3.63. The average Bonchev–Trinajstić information content (AvgIpc) is 2.45. The Kier molecular flexibility index (Phi) is 5.53. The summed E-state index contributed by atoms with van der Waals surface area (Å²) in [4.78, 5) is 2.24. The predicted molar refractivity (Wildman–Crippen MR) is 95.0 cm³/mol. The maximum absolute atomic E-state index is 6.08. The summed E-state index contributed by atoms with van der Waals surface area (Å²) in [5.74, 6) is 0. The van der Waals surface area contributed by atoms with E-state index in [-0.39, 0.29) is 6.04 Å². The zero-order valence-corrected chi connectivity index (χ0v) is 15.3. The molecule has 0 fully saturated rings. The van der Waals surface area contributed by atoms with Gasteiger partial charge in [0, 0.05) is 21.9 Å². The van der Waals surface area contributed by atoms with Gasteiger partial charge in [-0.3, -0.25) is 0 Å². The number of hydrogen-bond donors (Lipinski definition) is 0. The van der Waals surface area contributed by atoms with Crippen LogP contribution in [0.25, 0.3) is 0 Å². The van der Waals surface area contributed by atoms with E-state index in [1.54, 1.807) is 0 Å². The fraction of sp³-hybridized carbons (Fsp3) is 0.250. The van der Waals surface area contributed by atoms with E-state index in [9.17, 15) is 0 Å². The molecule has 0 heterocycles. The Labute approximate surface area is 142 Å². The van der Waals surface area contributed by atoms with Gasteiger partial charge in [-0.15, -0.1) is 0 Å². The number of halogens is 3. The zero-order chi connectivity index (χ0) is 14.7. The molecule has 0 aliphatic heterocycles. The number of benzene rings is 2. The van der Waals surface area contributed by atoms with E-state index in [0.29, 0.717) is 0 Å². The summed E-state index contributed by atoms with van der Waals surface area (Å²) in [5, 5.41) is 1.64. The molecule has 1 unspecified atom stereocenters. The van der Waals surface area contributed by atoms with E-state index >= 15 is 0 Å². The molecule has 0 aromatic heterocycles. The minimum atomic E-state index is 0.250. The maximum atomic E-state index is 6.08. The Morgan fingerprint density at radius 1 is 1.20 bits per heavy atom. The van der Waals surface area contributed by atoms with Crippen molar-refractivity contribution in [3.63, 3.8) is 0 Å². The van der Waals surface area contributed by atoms with Gasteiger partial charge in [-0.2, -0.15) is 0 Å². The number of anilines is 1. The second kappa shape index (κ2) is 6.97. The molecule has 0 saturated heterocycles. The van der Waals surface area contributed by atoms with Gasteiger partial charge in [0.1, 0.15) is 0 Å². The summed E-state index contributed by atoms with van der Waals surface area (Å²) in [6.45, 7) is 2.18. The second-order valence-corrected chi connectivity index (χ2v) is 6.61. The molecule has 0 aliphatic carbocycles. The quantitative estimate of drug-likeness (QED) is 0.536. The van der Waals surface area contributed by atoms with Crippen molar-refractivity contribution in [3.05, 3.63) is 63.1 Å². The van der Waals surface area contributed by atoms with Gasteiger partial charge in [0.2, 0.25) is 0 Å². The second-order valence-electron chi connectivity index (χ2n) is 4.76. The van der Waals surface area contributed by atoms with Gasteiger partial charge >= 0.3 is 0 Å². The van der Waals surface area contributed by atoms with Crippen molar-refractivity contribution in [1.82, 2.24) is 0 Å². The number of hydrogen-bond acceptors (Lipinski definition) is 1. The molecular weight excluding hydrogens is 401 g/mol. The molecular formula is C16H16Br2ClN. The molecule has 1 nitrogen and oxygen atoms in total. The molecule has 2 aromatic rings. The number of alkyl halides is 1. The Hall–Kier alpha value is -0.510. The van der Waals surface area contributed by atoms with Crippen LogP contribution in [-0.2, 0) is 5.33 Å². The summed E-state index contributed by atoms with van der Waals surface area (Å²) in [7, 11) is 2.10. The molecule has 0 spiro atoms. The highest BCUT2D eigenvalue weighted by atomic mass is 79.9. The van der Waals surface area contributed by atoms with Gasteiger partial charge in [0.15, 0.2) is 0 Å². The topological polar surface area (TPSA) is 3.24 Å². The lowest BCUT2D eigenvalue weighted by Gasteiger charge is -2.28. The van der Waals surface area contributed by atoms with Crippen LogP contribution in [0.3, 0.4) is 0 Å². The molecule has 106 valence electrons. The van der Waals surface area contributed by atoms with Crippen LogP contribution >= 0.6 is 43.5 Å². The Morgan fingerprint density at radius 2 is 1.95 bits per heavy atom. The molecule has 0 N–H and O–H groups in total. The Morgan fingerprint density at radius 3 is 2.55 bits per heavy atom. The minimum absolute atomic E-state index is 0.250. The van der Waals surface area contributed by atoms with Crippen LogP contribution in [-0.4, -0.2) is 7.05 Å². The monoisotopic (exact) mass is 415 g/mol. The van der Waals surface area contributed by atoms with Gasteiger partial charge in [0.25, 0.3) is 0 Å². The van der Waals surface area contributed by atoms with E-state index < -0.39 is 0 Å². The normalized spacial score (nSPS) is 12.2. The fourth-order valence-corrected chi connectivity index (χ4v) is 3.37. The highest BCUT2D eigenvalue weighted by Crippen LogP contribution is 2.33. The lowest BCUT2D eigenvalue weighted by atomic mass is 10.1. The summed E-state index contributed by atoms with van der Waals surface area (Å²) >= 11 is 13.2. The van der Waals surface area contributed by atoms with Crippen LogP contribution in [0, 0.1) is 0 Å². The van der Waals surface area contributed by atoms with Gasteiger partial charge < -0.3 is 4.90 Å². The molecule has 0 aliphatic rings. The molecule has 2 aromatic carbocycles. The number of rotatable bonds is 4. The SMILES string of the molecule is CC(c1cccc(Cl)c1)N(C)c1ccc(CBr)cc1Br. The molecule has 0 saturated carbocycles. The van der Waals surface area contributed by atoms with Crippen molar-refractivity contribution in [2.24, 2.45) is 0 Å². The third-order valence-corrected chi connectivity index (χ3v) is 4.98. The average molecular weight is 418 g/mol.